The minimum absolute atomic E-state index is 0.0724. The second-order valence-electron chi connectivity index (χ2n) is 4.33. The quantitative estimate of drug-likeness (QED) is 0.763. The number of carboxylic acid groups (broad SMARTS) is 1. The van der Waals surface area contributed by atoms with E-state index < -0.39 is 21.7 Å². The average Bonchev–Trinajstić information content (AvgIpc) is 2.35. The Morgan fingerprint density at radius 1 is 1.25 bits per heavy atom. The highest BCUT2D eigenvalue weighted by Gasteiger charge is 2.18. The summed E-state index contributed by atoms with van der Waals surface area (Å²) in [5.74, 6) is -2.07. The van der Waals surface area contributed by atoms with E-state index in [0.717, 1.165) is 0 Å². The van der Waals surface area contributed by atoms with Crippen LogP contribution in [-0.2, 0) is 20.6 Å². The number of nitrogens with zero attached hydrogens (tertiary/aromatic N) is 1. The van der Waals surface area contributed by atoms with Crippen molar-refractivity contribution in [3.63, 3.8) is 0 Å². The first-order chi connectivity index (χ1) is 9.23. The van der Waals surface area contributed by atoms with Crippen LogP contribution in [0.3, 0.4) is 0 Å². The molecule has 0 heterocycles. The average molecular weight is 300 g/mol. The topological polar surface area (TPSA) is 104 Å². The van der Waals surface area contributed by atoms with Gasteiger partial charge in [0.2, 0.25) is 15.9 Å². The highest BCUT2D eigenvalue weighted by molar-refractivity contribution is 7.88. The number of amides is 1. The third-order valence-corrected chi connectivity index (χ3v) is 3.81. The van der Waals surface area contributed by atoms with Gasteiger partial charge in [-0.2, -0.15) is 0 Å². The maximum atomic E-state index is 11.8. The summed E-state index contributed by atoms with van der Waals surface area (Å²) in [7, 11) is -0.760. The van der Waals surface area contributed by atoms with E-state index in [1.165, 1.54) is 37.2 Å². The van der Waals surface area contributed by atoms with Gasteiger partial charge in [0.05, 0.1) is 17.9 Å². The van der Waals surface area contributed by atoms with Crippen LogP contribution >= 0.6 is 0 Å². The summed E-state index contributed by atoms with van der Waals surface area (Å²) in [6.45, 7) is -0.357. The minimum Gasteiger partial charge on any atom is -0.478 e. The van der Waals surface area contributed by atoms with E-state index in [0.29, 0.717) is 0 Å². The normalized spacial score (nSPS) is 11.1. The van der Waals surface area contributed by atoms with Crippen molar-refractivity contribution >= 4 is 21.9 Å². The van der Waals surface area contributed by atoms with Gasteiger partial charge < -0.3 is 10.0 Å². The fraction of sp³-hybridized carbons (Fsp3) is 0.333. The molecule has 0 saturated carbocycles. The van der Waals surface area contributed by atoms with Crippen molar-refractivity contribution in [2.45, 2.75) is 5.75 Å². The van der Waals surface area contributed by atoms with Gasteiger partial charge in [0.15, 0.2) is 0 Å². The molecule has 7 nitrogen and oxygen atoms in total. The fourth-order valence-corrected chi connectivity index (χ4v) is 2.55. The Bertz CT molecular complexity index is 610. The Labute approximate surface area is 117 Å². The predicted octanol–water partition coefficient (Wildman–Crippen LogP) is -0.108. The Morgan fingerprint density at radius 3 is 2.40 bits per heavy atom. The predicted molar refractivity (Wildman–Crippen MR) is 72.7 cm³/mol. The first kappa shape index (κ1) is 16.1. The Morgan fingerprint density at radius 2 is 1.85 bits per heavy atom. The lowest BCUT2D eigenvalue weighted by molar-refractivity contribution is -0.127. The maximum absolute atomic E-state index is 11.8. The van der Waals surface area contributed by atoms with Crippen molar-refractivity contribution in [1.82, 2.24) is 9.62 Å². The van der Waals surface area contributed by atoms with Crippen molar-refractivity contribution in [3.8, 4) is 0 Å². The number of rotatable bonds is 6. The molecule has 0 aliphatic rings. The molecule has 1 aromatic carbocycles. The Kier molecular flexibility index (Phi) is 5.23. The van der Waals surface area contributed by atoms with E-state index in [1.807, 2.05) is 0 Å². The monoisotopic (exact) mass is 300 g/mol. The van der Waals surface area contributed by atoms with Gasteiger partial charge in [0.1, 0.15) is 0 Å². The van der Waals surface area contributed by atoms with E-state index in [2.05, 4.69) is 4.72 Å². The fourth-order valence-electron chi connectivity index (χ4n) is 1.44. The van der Waals surface area contributed by atoms with E-state index in [4.69, 9.17) is 5.11 Å². The van der Waals surface area contributed by atoms with Crippen LogP contribution in [0, 0.1) is 0 Å². The van der Waals surface area contributed by atoms with E-state index >= 15 is 0 Å². The molecule has 0 fully saturated rings. The molecule has 0 saturated heterocycles. The Balaban J connectivity index is 2.82. The molecule has 1 amide bonds. The van der Waals surface area contributed by atoms with Gasteiger partial charge in [0, 0.05) is 14.1 Å². The number of carbonyl (C=O) groups excluding carboxylic acids is 1. The van der Waals surface area contributed by atoms with Crippen molar-refractivity contribution in [3.05, 3.63) is 35.4 Å². The molecule has 110 valence electrons. The molecular weight excluding hydrogens is 284 g/mol. The lowest BCUT2D eigenvalue weighted by atomic mass is 10.1. The van der Waals surface area contributed by atoms with Gasteiger partial charge in [-0.3, -0.25) is 4.79 Å². The van der Waals surface area contributed by atoms with E-state index in [9.17, 15) is 18.0 Å². The van der Waals surface area contributed by atoms with Gasteiger partial charge >= 0.3 is 5.97 Å². The molecule has 0 unspecified atom stereocenters. The van der Waals surface area contributed by atoms with E-state index in [-0.39, 0.29) is 23.6 Å². The smallest absolute Gasteiger partial charge is 0.335 e. The molecule has 0 aliphatic heterocycles. The van der Waals surface area contributed by atoms with Crippen molar-refractivity contribution < 1.29 is 23.1 Å². The number of likely N-dealkylation sites (N-methyl/N-ethyl adjacent to an activating group) is 1. The number of hydrogen-bond donors (Lipinski definition) is 2. The molecule has 20 heavy (non-hydrogen) atoms. The number of benzene rings is 1. The largest absolute Gasteiger partial charge is 0.478 e. The molecule has 0 bridgehead atoms. The summed E-state index contributed by atoms with van der Waals surface area (Å²) in [5, 5.41) is 8.98. The van der Waals surface area contributed by atoms with E-state index in [1.54, 1.807) is 6.07 Å². The van der Waals surface area contributed by atoms with Gasteiger partial charge in [-0.1, -0.05) is 18.2 Å². The zero-order valence-corrected chi connectivity index (χ0v) is 12.0. The van der Waals surface area contributed by atoms with Crippen molar-refractivity contribution in [2.75, 3.05) is 20.6 Å². The number of sulfonamides is 1. The second kappa shape index (κ2) is 6.49. The van der Waals surface area contributed by atoms with Gasteiger partial charge in [-0.05, 0) is 11.6 Å². The summed E-state index contributed by atoms with van der Waals surface area (Å²) in [5.41, 5.74) is 0.0987. The van der Waals surface area contributed by atoms with Crippen LogP contribution in [-0.4, -0.2) is 50.9 Å². The first-order valence-electron chi connectivity index (χ1n) is 5.71. The first-order valence-corrected chi connectivity index (χ1v) is 7.37. The molecule has 0 atom stereocenters. The molecule has 0 aliphatic carbocycles. The molecular formula is C12H16N2O5S. The minimum atomic E-state index is -3.78. The second-order valence-corrected chi connectivity index (χ2v) is 6.14. The summed E-state index contributed by atoms with van der Waals surface area (Å²) in [6, 6.07) is 5.83. The molecule has 0 radical (unpaired) electrons. The molecule has 1 aromatic rings. The highest BCUT2D eigenvalue weighted by atomic mass is 32.2. The van der Waals surface area contributed by atoms with Crippen molar-refractivity contribution in [2.24, 2.45) is 0 Å². The number of carbonyl (C=O) groups is 2. The number of aromatic carboxylic acids is 1. The van der Waals surface area contributed by atoms with Crippen LogP contribution in [0.1, 0.15) is 15.9 Å². The third-order valence-electron chi connectivity index (χ3n) is 2.54. The molecule has 8 heteroatoms. The zero-order valence-electron chi connectivity index (χ0n) is 11.2. The maximum Gasteiger partial charge on any atom is 0.335 e. The third kappa shape index (κ3) is 4.63. The van der Waals surface area contributed by atoms with Crippen LogP contribution in [0.5, 0.6) is 0 Å². The standard InChI is InChI=1S/C12H16N2O5S/c1-14(2)11(15)7-13-20(18,19)8-9-5-3-4-6-10(9)12(16)17/h3-6,13H,7-8H2,1-2H3,(H,16,17). The van der Waals surface area contributed by atoms with Crippen LogP contribution in [0.2, 0.25) is 0 Å². The van der Waals surface area contributed by atoms with Crippen LogP contribution < -0.4 is 4.72 Å². The van der Waals surface area contributed by atoms with Crippen LogP contribution in [0.4, 0.5) is 0 Å². The SMILES string of the molecule is CN(C)C(=O)CNS(=O)(=O)Cc1ccccc1C(=O)O. The van der Waals surface area contributed by atoms with Crippen molar-refractivity contribution in [1.29, 1.82) is 0 Å². The molecule has 2 N–H and O–H groups in total. The summed E-state index contributed by atoms with van der Waals surface area (Å²) < 4.78 is 25.8. The molecule has 0 aromatic heterocycles. The van der Waals surface area contributed by atoms with Crippen LogP contribution in [0.15, 0.2) is 24.3 Å². The lowest BCUT2D eigenvalue weighted by Gasteiger charge is -2.12. The lowest BCUT2D eigenvalue weighted by Crippen LogP contribution is -2.36. The molecule has 1 rings (SSSR count). The highest BCUT2D eigenvalue weighted by Crippen LogP contribution is 2.12. The van der Waals surface area contributed by atoms with Gasteiger partial charge in [0.25, 0.3) is 0 Å². The number of carboxylic acids is 1. The zero-order chi connectivity index (χ0) is 15.3. The summed E-state index contributed by atoms with van der Waals surface area (Å²) in [4.78, 5) is 23.6. The van der Waals surface area contributed by atoms with Gasteiger partial charge in [-0.25, -0.2) is 17.9 Å². The summed E-state index contributed by atoms with van der Waals surface area (Å²) >= 11 is 0. The number of hydrogen-bond acceptors (Lipinski definition) is 4. The number of nitrogens with one attached hydrogen (secondary N) is 1. The summed E-state index contributed by atoms with van der Waals surface area (Å²) in [6.07, 6.45) is 0. The van der Waals surface area contributed by atoms with Gasteiger partial charge in [-0.15, -0.1) is 0 Å². The Hall–Kier alpha value is -1.93. The van der Waals surface area contributed by atoms with Crippen LogP contribution in [0.25, 0.3) is 0 Å². The molecule has 0 spiro atoms.